The highest BCUT2D eigenvalue weighted by Crippen LogP contribution is 2.31. The maximum absolute atomic E-state index is 5.77. The summed E-state index contributed by atoms with van der Waals surface area (Å²) in [6, 6.07) is 10.8. The van der Waals surface area contributed by atoms with Crippen molar-refractivity contribution in [2.45, 2.75) is 25.7 Å². The van der Waals surface area contributed by atoms with E-state index in [4.69, 9.17) is 5.84 Å². The third kappa shape index (κ3) is 2.58. The van der Waals surface area contributed by atoms with Crippen molar-refractivity contribution in [1.29, 1.82) is 0 Å². The highest BCUT2D eigenvalue weighted by atomic mass is 15.4. The van der Waals surface area contributed by atoms with E-state index in [-0.39, 0.29) is 0 Å². The number of nitrogens with two attached hydrogens (primary N) is 1. The number of piperidine rings is 1. The molecule has 1 aliphatic rings. The third-order valence-corrected chi connectivity index (χ3v) is 3.61. The summed E-state index contributed by atoms with van der Waals surface area (Å²) in [6.07, 6.45) is 2.46. The molecular formula is C13H20N2. The Morgan fingerprint density at radius 1 is 1.20 bits per heavy atom. The molecular weight excluding hydrogens is 184 g/mol. The molecule has 1 fully saturated rings. The summed E-state index contributed by atoms with van der Waals surface area (Å²) in [4.78, 5) is 0. The fraction of sp³-hybridized carbons (Fsp3) is 0.538. The van der Waals surface area contributed by atoms with E-state index >= 15 is 0 Å². The lowest BCUT2D eigenvalue weighted by Gasteiger charge is -2.32. The predicted octanol–water partition coefficient (Wildman–Crippen LogP) is 2.38. The van der Waals surface area contributed by atoms with Crippen molar-refractivity contribution in [3.05, 3.63) is 35.9 Å². The Morgan fingerprint density at radius 2 is 1.80 bits per heavy atom. The molecule has 1 heterocycles. The smallest absolute Gasteiger partial charge is 0.0131 e. The van der Waals surface area contributed by atoms with E-state index in [0.29, 0.717) is 5.92 Å². The third-order valence-electron chi connectivity index (χ3n) is 3.61. The first-order valence-corrected chi connectivity index (χ1v) is 5.82. The van der Waals surface area contributed by atoms with Gasteiger partial charge in [0.25, 0.3) is 0 Å². The van der Waals surface area contributed by atoms with E-state index in [0.717, 1.165) is 19.0 Å². The molecule has 1 aliphatic heterocycles. The standard InChI is InChI=1S/C13H20N2/c1-11(12-5-3-2-4-6-12)13-7-9-15(14)10-8-13/h2-6,11,13H,7-10,14H2,1H3. The molecule has 0 radical (unpaired) electrons. The van der Waals surface area contributed by atoms with Crippen molar-refractivity contribution in [2.24, 2.45) is 11.8 Å². The van der Waals surface area contributed by atoms with Crippen LogP contribution in [0, 0.1) is 5.92 Å². The minimum atomic E-state index is 0.667. The van der Waals surface area contributed by atoms with Crippen LogP contribution in [0.1, 0.15) is 31.2 Å². The average Bonchev–Trinajstić information content (AvgIpc) is 2.30. The van der Waals surface area contributed by atoms with Crippen LogP contribution in [0.15, 0.2) is 30.3 Å². The fourth-order valence-electron chi connectivity index (χ4n) is 2.45. The number of rotatable bonds is 2. The Kier molecular flexibility index (Phi) is 3.39. The van der Waals surface area contributed by atoms with Crippen molar-refractivity contribution in [2.75, 3.05) is 13.1 Å². The van der Waals surface area contributed by atoms with Gasteiger partial charge in [0, 0.05) is 13.1 Å². The molecule has 1 atom stereocenters. The second kappa shape index (κ2) is 4.77. The largest absolute Gasteiger partial charge is 0.269 e. The number of hydrogen-bond acceptors (Lipinski definition) is 2. The summed E-state index contributed by atoms with van der Waals surface area (Å²) in [5.41, 5.74) is 1.47. The SMILES string of the molecule is CC(c1ccccc1)C1CCN(N)CC1. The molecule has 1 aromatic carbocycles. The Morgan fingerprint density at radius 3 is 2.40 bits per heavy atom. The molecule has 1 unspecified atom stereocenters. The van der Waals surface area contributed by atoms with Gasteiger partial charge in [-0.2, -0.15) is 0 Å². The van der Waals surface area contributed by atoms with Crippen molar-refractivity contribution in [3.8, 4) is 0 Å². The molecule has 15 heavy (non-hydrogen) atoms. The quantitative estimate of drug-likeness (QED) is 0.749. The maximum Gasteiger partial charge on any atom is 0.0131 e. The zero-order valence-corrected chi connectivity index (χ0v) is 9.39. The molecule has 82 valence electrons. The first-order valence-electron chi connectivity index (χ1n) is 5.82. The second-order valence-corrected chi connectivity index (χ2v) is 4.57. The molecule has 0 spiro atoms. The van der Waals surface area contributed by atoms with Gasteiger partial charge in [-0.05, 0) is 30.2 Å². The van der Waals surface area contributed by atoms with Gasteiger partial charge in [0.15, 0.2) is 0 Å². The van der Waals surface area contributed by atoms with Gasteiger partial charge in [-0.15, -0.1) is 0 Å². The molecule has 0 aromatic heterocycles. The summed E-state index contributed by atoms with van der Waals surface area (Å²) in [7, 11) is 0. The molecule has 2 heteroatoms. The van der Waals surface area contributed by atoms with Crippen LogP contribution in [-0.2, 0) is 0 Å². The second-order valence-electron chi connectivity index (χ2n) is 4.57. The Hall–Kier alpha value is -0.860. The lowest BCUT2D eigenvalue weighted by atomic mass is 9.82. The number of benzene rings is 1. The van der Waals surface area contributed by atoms with E-state index in [2.05, 4.69) is 37.3 Å². The monoisotopic (exact) mass is 204 g/mol. The molecule has 2 rings (SSSR count). The predicted molar refractivity (Wildman–Crippen MR) is 63.3 cm³/mol. The Bertz CT molecular complexity index is 289. The normalized spacial score (nSPS) is 21.5. The molecule has 2 nitrogen and oxygen atoms in total. The van der Waals surface area contributed by atoms with E-state index in [9.17, 15) is 0 Å². The van der Waals surface area contributed by atoms with Gasteiger partial charge >= 0.3 is 0 Å². The molecule has 0 amide bonds. The molecule has 0 bridgehead atoms. The molecule has 0 saturated carbocycles. The van der Waals surface area contributed by atoms with E-state index in [1.807, 2.05) is 5.01 Å². The van der Waals surface area contributed by atoms with Gasteiger partial charge < -0.3 is 0 Å². The minimum Gasteiger partial charge on any atom is -0.269 e. The number of nitrogens with zero attached hydrogens (tertiary/aromatic N) is 1. The lowest BCUT2D eigenvalue weighted by Crippen LogP contribution is -2.39. The van der Waals surface area contributed by atoms with E-state index in [1.54, 1.807) is 0 Å². The van der Waals surface area contributed by atoms with Crippen LogP contribution in [0.4, 0.5) is 0 Å². The molecule has 1 aromatic rings. The summed E-state index contributed by atoms with van der Waals surface area (Å²) in [5, 5.41) is 1.94. The fourth-order valence-corrected chi connectivity index (χ4v) is 2.45. The zero-order chi connectivity index (χ0) is 10.7. The van der Waals surface area contributed by atoms with Gasteiger partial charge in [-0.1, -0.05) is 37.3 Å². The van der Waals surface area contributed by atoms with Crippen molar-refractivity contribution in [1.82, 2.24) is 5.01 Å². The lowest BCUT2D eigenvalue weighted by molar-refractivity contribution is 0.174. The first kappa shape index (κ1) is 10.7. The van der Waals surface area contributed by atoms with Crippen molar-refractivity contribution < 1.29 is 0 Å². The van der Waals surface area contributed by atoms with E-state index in [1.165, 1.54) is 18.4 Å². The van der Waals surface area contributed by atoms with Crippen LogP contribution in [0.25, 0.3) is 0 Å². The van der Waals surface area contributed by atoms with Crippen molar-refractivity contribution in [3.63, 3.8) is 0 Å². The van der Waals surface area contributed by atoms with Crippen LogP contribution in [-0.4, -0.2) is 18.1 Å². The van der Waals surface area contributed by atoms with Gasteiger partial charge in [0.05, 0.1) is 0 Å². The highest BCUT2D eigenvalue weighted by Gasteiger charge is 2.23. The zero-order valence-electron chi connectivity index (χ0n) is 9.39. The van der Waals surface area contributed by atoms with Crippen LogP contribution in [0.2, 0.25) is 0 Å². The molecule has 0 aliphatic carbocycles. The molecule has 1 saturated heterocycles. The van der Waals surface area contributed by atoms with Crippen LogP contribution in [0.3, 0.4) is 0 Å². The summed E-state index contributed by atoms with van der Waals surface area (Å²) in [5.74, 6) is 7.23. The average molecular weight is 204 g/mol. The first-order chi connectivity index (χ1) is 7.27. The van der Waals surface area contributed by atoms with Gasteiger partial charge in [-0.3, -0.25) is 5.84 Å². The summed E-state index contributed by atoms with van der Waals surface area (Å²) in [6.45, 7) is 4.43. The van der Waals surface area contributed by atoms with Crippen LogP contribution >= 0.6 is 0 Å². The van der Waals surface area contributed by atoms with Gasteiger partial charge in [0.1, 0.15) is 0 Å². The van der Waals surface area contributed by atoms with Gasteiger partial charge in [-0.25, -0.2) is 5.01 Å². The van der Waals surface area contributed by atoms with E-state index < -0.39 is 0 Å². The molecule has 2 N–H and O–H groups in total. The maximum atomic E-state index is 5.77. The minimum absolute atomic E-state index is 0.667. The highest BCUT2D eigenvalue weighted by molar-refractivity contribution is 5.19. The van der Waals surface area contributed by atoms with Crippen LogP contribution in [0.5, 0.6) is 0 Å². The number of hydrogen-bond donors (Lipinski definition) is 1. The Balaban J connectivity index is 1.99. The van der Waals surface area contributed by atoms with Gasteiger partial charge in [0.2, 0.25) is 0 Å². The van der Waals surface area contributed by atoms with Crippen LogP contribution < -0.4 is 5.84 Å². The summed E-state index contributed by atoms with van der Waals surface area (Å²) >= 11 is 0. The summed E-state index contributed by atoms with van der Waals surface area (Å²) < 4.78 is 0. The number of hydrazine groups is 1. The Labute approximate surface area is 92.1 Å². The van der Waals surface area contributed by atoms with Crippen molar-refractivity contribution >= 4 is 0 Å². The topological polar surface area (TPSA) is 29.3 Å².